The predicted octanol–water partition coefficient (Wildman–Crippen LogP) is 5.28. The molecule has 0 aromatic heterocycles. The first-order chi connectivity index (χ1) is 15.5. The highest BCUT2D eigenvalue weighted by Crippen LogP contribution is 2.44. The largest absolute Gasteiger partial charge is 0.493 e. The molecule has 0 spiro atoms. The van der Waals surface area contributed by atoms with Crippen molar-refractivity contribution in [2.75, 3.05) is 31.2 Å². The van der Waals surface area contributed by atoms with Gasteiger partial charge in [-0.3, -0.25) is 9.69 Å². The second kappa shape index (κ2) is 9.35. The van der Waals surface area contributed by atoms with E-state index in [2.05, 4.69) is 11.0 Å². The average molecular weight is 470 g/mol. The molecule has 2 aromatic rings. The van der Waals surface area contributed by atoms with E-state index in [1.807, 2.05) is 50.2 Å². The van der Waals surface area contributed by atoms with Crippen LogP contribution in [0.15, 0.2) is 47.0 Å². The number of ether oxygens (including phenoxy) is 2. The summed E-state index contributed by atoms with van der Waals surface area (Å²) in [6.07, 6.45) is 0.229. The summed E-state index contributed by atoms with van der Waals surface area (Å²) in [7, 11) is 1.59. The molecule has 4 rings (SSSR count). The second-order valence-corrected chi connectivity index (χ2v) is 8.98. The van der Waals surface area contributed by atoms with Crippen LogP contribution < -0.4 is 14.4 Å². The monoisotopic (exact) mass is 469 g/mol. The molecular formula is C24H24ClN3O3S. The van der Waals surface area contributed by atoms with Crippen LogP contribution in [0.1, 0.15) is 30.4 Å². The maximum Gasteiger partial charge on any atom is 0.229 e. The SMILES string of the molecule is CCOc1ccc(C2CC(=O)N3CN(c4ccc(C)c(Cl)c4)CSC3=C2C#N)cc1OC. The van der Waals surface area contributed by atoms with Crippen molar-refractivity contribution >= 4 is 35.0 Å². The summed E-state index contributed by atoms with van der Waals surface area (Å²) in [6, 6.07) is 13.9. The summed E-state index contributed by atoms with van der Waals surface area (Å²) < 4.78 is 11.1. The Bertz CT molecular complexity index is 1130. The van der Waals surface area contributed by atoms with Crippen LogP contribution in [0.25, 0.3) is 0 Å². The first kappa shape index (κ1) is 22.4. The van der Waals surface area contributed by atoms with Gasteiger partial charge in [0.15, 0.2) is 11.5 Å². The van der Waals surface area contributed by atoms with Gasteiger partial charge in [-0.2, -0.15) is 5.26 Å². The number of thioether (sulfide) groups is 1. The smallest absolute Gasteiger partial charge is 0.229 e. The summed E-state index contributed by atoms with van der Waals surface area (Å²) in [4.78, 5) is 17.0. The van der Waals surface area contributed by atoms with Crippen LogP contribution in [-0.2, 0) is 4.79 Å². The normalized spacial score (nSPS) is 18.3. The minimum atomic E-state index is -0.309. The fourth-order valence-electron chi connectivity index (χ4n) is 3.96. The molecule has 1 atom stereocenters. The molecule has 0 bridgehead atoms. The standard InChI is InChI=1S/C24H24ClN3O3S/c1-4-31-21-8-6-16(9-22(21)30-3)18-11-23(29)28-13-27(14-32-24(28)19(18)12-26)17-7-5-15(2)20(25)10-17/h5-10,18H,4,11,13-14H2,1-3H3. The molecule has 0 radical (unpaired) electrons. The van der Waals surface area contributed by atoms with Crippen LogP contribution in [0.2, 0.25) is 5.02 Å². The number of carbonyl (C=O) groups is 1. The number of nitriles is 1. The van der Waals surface area contributed by atoms with E-state index in [9.17, 15) is 10.1 Å². The van der Waals surface area contributed by atoms with Gasteiger partial charge in [0.05, 0.1) is 42.9 Å². The predicted molar refractivity (Wildman–Crippen MR) is 127 cm³/mol. The van der Waals surface area contributed by atoms with E-state index in [1.165, 1.54) is 11.8 Å². The zero-order valence-electron chi connectivity index (χ0n) is 18.2. The third kappa shape index (κ3) is 4.13. The third-order valence-corrected chi connectivity index (χ3v) is 7.27. The van der Waals surface area contributed by atoms with E-state index in [0.29, 0.717) is 41.2 Å². The Hall–Kier alpha value is -2.82. The lowest BCUT2D eigenvalue weighted by Gasteiger charge is -2.42. The maximum atomic E-state index is 13.2. The van der Waals surface area contributed by atoms with Crippen molar-refractivity contribution in [3.63, 3.8) is 0 Å². The highest BCUT2D eigenvalue weighted by Gasteiger charge is 2.38. The Morgan fingerprint density at radius 1 is 1.25 bits per heavy atom. The fourth-order valence-corrected chi connectivity index (χ4v) is 5.31. The maximum absolute atomic E-state index is 13.2. The highest BCUT2D eigenvalue weighted by atomic mass is 35.5. The van der Waals surface area contributed by atoms with E-state index < -0.39 is 0 Å². The molecule has 32 heavy (non-hydrogen) atoms. The summed E-state index contributed by atoms with van der Waals surface area (Å²) in [5.74, 6) is 1.56. The van der Waals surface area contributed by atoms with Gasteiger partial charge >= 0.3 is 0 Å². The lowest BCUT2D eigenvalue weighted by molar-refractivity contribution is -0.129. The number of nitrogens with zero attached hydrogens (tertiary/aromatic N) is 3. The first-order valence-corrected chi connectivity index (χ1v) is 11.7. The van der Waals surface area contributed by atoms with Crippen LogP contribution in [0.5, 0.6) is 11.5 Å². The Morgan fingerprint density at radius 2 is 2.06 bits per heavy atom. The summed E-state index contributed by atoms with van der Waals surface area (Å²) in [6.45, 7) is 4.79. The molecule has 1 fully saturated rings. The van der Waals surface area contributed by atoms with Crippen LogP contribution in [0.4, 0.5) is 5.69 Å². The molecule has 6 nitrogen and oxygen atoms in total. The minimum absolute atomic E-state index is 0.00717. The van der Waals surface area contributed by atoms with E-state index in [4.69, 9.17) is 21.1 Å². The van der Waals surface area contributed by atoms with Gasteiger partial charge in [-0.1, -0.05) is 35.5 Å². The van der Waals surface area contributed by atoms with Crippen LogP contribution in [-0.4, -0.2) is 37.1 Å². The molecule has 0 aliphatic carbocycles. The number of anilines is 1. The first-order valence-electron chi connectivity index (χ1n) is 10.4. The average Bonchev–Trinajstić information content (AvgIpc) is 2.81. The van der Waals surface area contributed by atoms with E-state index in [0.717, 1.165) is 21.8 Å². The second-order valence-electron chi connectivity index (χ2n) is 7.64. The minimum Gasteiger partial charge on any atom is -0.493 e. The molecule has 1 saturated heterocycles. The highest BCUT2D eigenvalue weighted by molar-refractivity contribution is 8.03. The topological polar surface area (TPSA) is 65.8 Å². The summed E-state index contributed by atoms with van der Waals surface area (Å²) in [5, 5.41) is 11.4. The molecule has 2 aliphatic rings. The van der Waals surface area contributed by atoms with Crippen molar-refractivity contribution in [3.8, 4) is 17.6 Å². The van der Waals surface area contributed by atoms with Gasteiger partial charge in [-0.15, -0.1) is 0 Å². The van der Waals surface area contributed by atoms with Crippen molar-refractivity contribution in [2.45, 2.75) is 26.2 Å². The van der Waals surface area contributed by atoms with Gasteiger partial charge in [0.1, 0.15) is 0 Å². The van der Waals surface area contributed by atoms with Crippen molar-refractivity contribution in [3.05, 3.63) is 63.1 Å². The Labute approximate surface area is 197 Å². The third-order valence-electron chi connectivity index (χ3n) is 5.70. The van der Waals surface area contributed by atoms with Crippen molar-refractivity contribution in [2.24, 2.45) is 0 Å². The van der Waals surface area contributed by atoms with E-state index >= 15 is 0 Å². The Balaban J connectivity index is 1.65. The lowest BCUT2D eigenvalue weighted by Crippen LogP contribution is -2.47. The van der Waals surface area contributed by atoms with Crippen LogP contribution in [0, 0.1) is 18.3 Å². The van der Waals surface area contributed by atoms with Gasteiger partial charge in [0.25, 0.3) is 0 Å². The zero-order valence-corrected chi connectivity index (χ0v) is 19.8. The number of aryl methyl sites for hydroxylation is 1. The molecule has 1 amide bonds. The van der Waals surface area contributed by atoms with Gasteiger partial charge in [-0.25, -0.2) is 0 Å². The number of hydrogen-bond acceptors (Lipinski definition) is 6. The van der Waals surface area contributed by atoms with E-state index in [-0.39, 0.29) is 18.2 Å². The number of allylic oxidation sites excluding steroid dienone is 1. The number of carbonyl (C=O) groups excluding carboxylic acids is 1. The molecule has 2 aromatic carbocycles. The molecule has 0 N–H and O–H groups in total. The fraction of sp³-hybridized carbons (Fsp3) is 0.333. The molecule has 2 aliphatic heterocycles. The zero-order chi connectivity index (χ0) is 22.8. The quantitative estimate of drug-likeness (QED) is 0.594. The summed E-state index contributed by atoms with van der Waals surface area (Å²) in [5.41, 5.74) is 3.45. The lowest BCUT2D eigenvalue weighted by atomic mass is 9.86. The Morgan fingerprint density at radius 3 is 2.75 bits per heavy atom. The number of benzene rings is 2. The van der Waals surface area contributed by atoms with Gasteiger partial charge in [-0.05, 0) is 49.2 Å². The van der Waals surface area contributed by atoms with Gasteiger partial charge < -0.3 is 14.4 Å². The Kier molecular flexibility index (Phi) is 6.54. The number of hydrogen-bond donors (Lipinski definition) is 0. The van der Waals surface area contributed by atoms with Gasteiger partial charge in [0.2, 0.25) is 5.91 Å². The molecule has 0 saturated carbocycles. The number of methoxy groups -OCH3 is 1. The molecular weight excluding hydrogens is 446 g/mol. The van der Waals surface area contributed by atoms with Crippen molar-refractivity contribution in [1.29, 1.82) is 5.26 Å². The van der Waals surface area contributed by atoms with E-state index in [1.54, 1.807) is 12.0 Å². The van der Waals surface area contributed by atoms with Crippen molar-refractivity contribution < 1.29 is 14.3 Å². The number of amides is 1. The number of halogens is 1. The number of rotatable bonds is 5. The molecule has 2 heterocycles. The summed E-state index contributed by atoms with van der Waals surface area (Å²) >= 11 is 7.81. The van der Waals surface area contributed by atoms with Crippen LogP contribution in [0.3, 0.4) is 0 Å². The molecule has 1 unspecified atom stereocenters. The number of fused-ring (bicyclic) bond motifs is 1. The molecule has 166 valence electrons. The van der Waals surface area contributed by atoms with Crippen LogP contribution >= 0.6 is 23.4 Å². The van der Waals surface area contributed by atoms with Gasteiger partial charge in [0, 0.05) is 23.0 Å². The van der Waals surface area contributed by atoms with Crippen molar-refractivity contribution in [1.82, 2.24) is 4.90 Å². The molecule has 8 heteroatoms.